The van der Waals surface area contributed by atoms with Crippen LogP contribution in [0.15, 0.2) is 219 Å². The van der Waals surface area contributed by atoms with E-state index in [-0.39, 0.29) is 54.4 Å². The van der Waals surface area contributed by atoms with Crippen LogP contribution in [0.3, 0.4) is 0 Å². The van der Waals surface area contributed by atoms with Crippen LogP contribution in [0.4, 0.5) is 17.6 Å². The van der Waals surface area contributed by atoms with Crippen molar-refractivity contribution in [2.75, 3.05) is 0 Å². The number of aryl methyl sites for hydroxylation is 4. The van der Waals surface area contributed by atoms with Crippen molar-refractivity contribution in [3.05, 3.63) is 385 Å². The van der Waals surface area contributed by atoms with Crippen LogP contribution in [0.25, 0.3) is 0 Å². The first-order valence-electron chi connectivity index (χ1n) is 32.6. The van der Waals surface area contributed by atoms with Crippen LogP contribution in [-0.2, 0) is 0 Å². The SMILES string of the molecule is Cc1cc(C(=O)NC(c2ccc(Cl)cc2)c2cnc(Cl)cn2)ccc1C#N.Cc1ccc([C@@H](NC(=O)c2ccc(C#N)c(C)c2)c2ccc(Cl)c(F)c2)nc1.Cc1ccc([C@@H](NC(=O)c2ccc(C#N)c(F)c2)c2ccc(Cl)c(F)c2)nc1.N#Cc1ccc(C(=O)NC(c2ccc(Cl)cc2)c2cnc(Cl)cn2)cc1F. The van der Waals surface area contributed by atoms with E-state index in [2.05, 4.69) is 63.3 Å². The maximum absolute atomic E-state index is 14.0. The Hall–Kier alpha value is -12.5. The van der Waals surface area contributed by atoms with Crippen LogP contribution in [0, 0.1) is 96.3 Å². The molecule has 0 aliphatic carbocycles. The molecule has 2 unspecified atom stereocenters. The minimum Gasteiger partial charge on any atom is -0.340 e. The number of amides is 4. The summed E-state index contributed by atoms with van der Waals surface area (Å²) in [6.45, 7) is 7.33. The molecular formula is C82H56Cl6F4N14O4. The van der Waals surface area contributed by atoms with Crippen molar-refractivity contribution in [2.45, 2.75) is 51.9 Å². The molecular weight excluding hydrogens is 1530 g/mol. The number of carbonyl (C=O) groups is 4. The fourth-order valence-corrected chi connectivity index (χ4v) is 11.1. The minimum absolute atomic E-state index is 0.00779. The summed E-state index contributed by atoms with van der Waals surface area (Å²) in [4.78, 5) is 76.1. The van der Waals surface area contributed by atoms with Gasteiger partial charge in [0.25, 0.3) is 23.6 Å². The average Bonchev–Trinajstić information content (AvgIpc) is 0.822. The van der Waals surface area contributed by atoms with Gasteiger partial charge in [0.2, 0.25) is 0 Å². The molecule has 0 aliphatic rings. The van der Waals surface area contributed by atoms with Gasteiger partial charge in [-0.25, -0.2) is 27.5 Å². The van der Waals surface area contributed by atoms with Crippen molar-refractivity contribution in [1.29, 1.82) is 21.0 Å². The van der Waals surface area contributed by atoms with Gasteiger partial charge in [0, 0.05) is 44.7 Å². The number of pyridine rings is 2. The first-order chi connectivity index (χ1) is 52.7. The number of nitrogens with zero attached hydrogens (tertiary/aromatic N) is 10. The molecule has 4 amide bonds. The number of carbonyl (C=O) groups excluding carboxylic acids is 4. The van der Waals surface area contributed by atoms with Gasteiger partial charge in [0.1, 0.15) is 45.7 Å². The van der Waals surface area contributed by atoms with Gasteiger partial charge in [-0.05, 0) is 206 Å². The summed E-state index contributed by atoms with van der Waals surface area (Å²) >= 11 is 35.1. The number of benzene rings is 8. The Morgan fingerprint density at radius 1 is 0.318 bits per heavy atom. The Bertz CT molecular complexity index is 5120. The Morgan fingerprint density at radius 3 is 0.891 bits per heavy atom. The first-order valence-corrected chi connectivity index (χ1v) is 34.8. The highest BCUT2D eigenvalue weighted by molar-refractivity contribution is 6.32. The van der Waals surface area contributed by atoms with Crippen molar-refractivity contribution in [1.82, 2.24) is 51.2 Å². The Labute approximate surface area is 658 Å². The lowest BCUT2D eigenvalue weighted by atomic mass is 10.0. The summed E-state index contributed by atoms with van der Waals surface area (Å²) in [5.74, 6) is -4.53. The van der Waals surface area contributed by atoms with Crippen LogP contribution in [0.5, 0.6) is 0 Å². The van der Waals surface area contributed by atoms with Gasteiger partial charge in [0.05, 0.1) is 116 Å². The molecule has 0 spiro atoms. The molecule has 0 aliphatic heterocycles. The summed E-state index contributed by atoms with van der Waals surface area (Å²) < 4.78 is 55.7. The number of halogens is 10. The summed E-state index contributed by atoms with van der Waals surface area (Å²) in [6.07, 6.45) is 9.08. The van der Waals surface area contributed by atoms with E-state index in [0.29, 0.717) is 77.3 Å². The highest BCUT2D eigenvalue weighted by Gasteiger charge is 2.26. The summed E-state index contributed by atoms with van der Waals surface area (Å²) in [5, 5.41) is 48.7. The van der Waals surface area contributed by atoms with Crippen LogP contribution in [0.1, 0.15) is 155 Å². The van der Waals surface area contributed by atoms with E-state index in [1.54, 1.807) is 135 Å². The lowest BCUT2D eigenvalue weighted by Gasteiger charge is -2.20. The third-order valence-electron chi connectivity index (χ3n) is 16.3. The smallest absolute Gasteiger partial charge is 0.252 e. The van der Waals surface area contributed by atoms with E-state index in [1.807, 2.05) is 38.1 Å². The molecule has 110 heavy (non-hydrogen) atoms. The van der Waals surface area contributed by atoms with Gasteiger partial charge in [-0.3, -0.25) is 39.1 Å². The minimum atomic E-state index is -0.794. The molecule has 4 N–H and O–H groups in total. The van der Waals surface area contributed by atoms with Crippen molar-refractivity contribution >= 4 is 93.2 Å². The van der Waals surface area contributed by atoms with Gasteiger partial charge >= 0.3 is 0 Å². The number of hydrogen-bond donors (Lipinski definition) is 4. The fraction of sp³-hybridized carbons (Fsp3) is 0.0976. The molecule has 28 heteroatoms. The van der Waals surface area contributed by atoms with E-state index in [0.717, 1.165) is 34.4 Å². The molecule has 0 saturated carbocycles. The number of nitriles is 4. The predicted octanol–water partition coefficient (Wildman–Crippen LogP) is 18.4. The average molecular weight is 1590 g/mol. The van der Waals surface area contributed by atoms with E-state index in [4.69, 9.17) is 90.7 Å². The highest BCUT2D eigenvalue weighted by atomic mass is 35.5. The maximum atomic E-state index is 14.0. The van der Waals surface area contributed by atoms with Crippen molar-refractivity contribution in [2.24, 2.45) is 0 Å². The largest absolute Gasteiger partial charge is 0.340 e. The van der Waals surface area contributed by atoms with Gasteiger partial charge in [-0.1, -0.05) is 118 Å². The lowest BCUT2D eigenvalue weighted by molar-refractivity contribution is 0.0933. The first kappa shape index (κ1) is 81.6. The Kier molecular flexibility index (Phi) is 28.5. The normalized spacial score (nSPS) is 11.5. The molecule has 0 radical (unpaired) electrons. The standard InChI is InChI=1S/C22H17ClFN3O.C21H14ClF2N3O.C20H14Cl2N4O.C19H11Cl2FN4O/c1-13-3-8-20(26-12-13)21(15-6-7-18(23)19(24)10-15)27-22(28)16-4-5-17(11-25)14(2)9-16;1-12-2-7-19(26-11-12)20(13-5-6-16(22)18(24)8-13)27-21(28)14-3-4-15(10-25)17(23)9-14;1-12-8-14(2-3-15(12)9-23)20(27)26-19(13-4-6-16(21)7-5-13)17-10-25-18(22)11-24-17;20-14-5-3-11(4-6-14)18(16-9-25-17(21)10-24-16)26-19(27)12-1-2-13(8-23)15(22)7-12/h3-10,12,21H,1-2H3,(H,27,28);2-9,11,20H,1H3,(H,27,28);2-8,10-11,19H,1H3,(H,26,27);1-7,9-10,18H,(H,26,27)/t21-;20-;;/m00../s1. The van der Waals surface area contributed by atoms with Gasteiger partial charge in [-0.2, -0.15) is 21.0 Å². The van der Waals surface area contributed by atoms with E-state index in [1.165, 1.54) is 73.3 Å². The second-order valence-corrected chi connectivity index (χ2v) is 26.5. The van der Waals surface area contributed by atoms with Crippen molar-refractivity contribution in [3.63, 3.8) is 0 Å². The molecule has 18 nitrogen and oxygen atoms in total. The highest BCUT2D eigenvalue weighted by Crippen LogP contribution is 2.30. The molecule has 0 saturated heterocycles. The van der Waals surface area contributed by atoms with Gasteiger partial charge in [-0.15, -0.1) is 0 Å². The van der Waals surface area contributed by atoms with E-state index < -0.39 is 59.3 Å². The van der Waals surface area contributed by atoms with Crippen LogP contribution in [-0.4, -0.2) is 53.5 Å². The van der Waals surface area contributed by atoms with Gasteiger partial charge in [0.15, 0.2) is 0 Å². The second kappa shape index (κ2) is 38.4. The topological polar surface area (TPSA) is 289 Å². The third-order valence-corrected chi connectivity index (χ3v) is 17.8. The van der Waals surface area contributed by atoms with Crippen LogP contribution < -0.4 is 21.3 Å². The zero-order valence-corrected chi connectivity index (χ0v) is 62.5. The van der Waals surface area contributed by atoms with Crippen molar-refractivity contribution < 1.29 is 36.7 Å². The Morgan fingerprint density at radius 2 is 0.618 bits per heavy atom. The monoisotopic (exact) mass is 1590 g/mol. The summed E-state index contributed by atoms with van der Waals surface area (Å²) in [7, 11) is 0. The maximum Gasteiger partial charge on any atom is 0.252 e. The quantitative estimate of drug-likeness (QED) is 0.0655. The third kappa shape index (κ3) is 21.9. The van der Waals surface area contributed by atoms with Crippen molar-refractivity contribution in [3.8, 4) is 24.3 Å². The summed E-state index contributed by atoms with van der Waals surface area (Å²) in [6, 6.07) is 51.6. The Balaban J connectivity index is 0.000000169. The van der Waals surface area contributed by atoms with Gasteiger partial charge < -0.3 is 21.3 Å². The molecule has 4 aromatic heterocycles. The fourth-order valence-electron chi connectivity index (χ4n) is 10.5. The molecule has 12 rings (SSSR count). The number of nitrogens with one attached hydrogen (secondary N) is 4. The number of rotatable bonds is 16. The zero-order valence-electron chi connectivity index (χ0n) is 58.0. The van der Waals surface area contributed by atoms with E-state index >= 15 is 0 Å². The van der Waals surface area contributed by atoms with E-state index in [9.17, 15) is 36.7 Å². The second-order valence-electron chi connectivity index (χ2n) is 24.0. The summed E-state index contributed by atoms with van der Waals surface area (Å²) in [5.41, 5.74) is 9.55. The molecule has 4 heterocycles. The molecule has 548 valence electrons. The van der Waals surface area contributed by atoms with Crippen LogP contribution >= 0.6 is 69.6 Å². The molecule has 0 bridgehead atoms. The number of aromatic nitrogens is 6. The van der Waals surface area contributed by atoms with Crippen LogP contribution in [0.2, 0.25) is 30.4 Å². The number of hydrogen-bond acceptors (Lipinski definition) is 14. The predicted molar refractivity (Wildman–Crippen MR) is 409 cm³/mol. The molecule has 8 aromatic carbocycles. The molecule has 12 aromatic rings. The molecule has 0 fully saturated rings. The lowest BCUT2D eigenvalue weighted by Crippen LogP contribution is -2.30. The zero-order chi connectivity index (χ0) is 79.3. The molecule has 4 atom stereocenters.